The fraction of sp³-hybridized carbons (Fsp3) is 0.600. The van der Waals surface area contributed by atoms with Gasteiger partial charge in [0.25, 0.3) is 0 Å². The first-order valence-corrected chi connectivity index (χ1v) is 6.73. The molecular formula is C15H23NO. The Hall–Kier alpha value is -1.02. The van der Waals surface area contributed by atoms with Gasteiger partial charge in [0.05, 0.1) is 6.10 Å². The third-order valence-electron chi connectivity index (χ3n) is 3.30. The van der Waals surface area contributed by atoms with Crippen LogP contribution in [0.15, 0.2) is 24.3 Å². The zero-order chi connectivity index (χ0) is 12.1. The topological polar surface area (TPSA) is 21.3 Å². The minimum Gasteiger partial charge on any atom is -0.491 e. The van der Waals surface area contributed by atoms with E-state index >= 15 is 0 Å². The Kier molecular flexibility index (Phi) is 4.43. The summed E-state index contributed by atoms with van der Waals surface area (Å²) in [5, 5.41) is 3.46. The average molecular weight is 233 g/mol. The first-order valence-electron chi connectivity index (χ1n) is 6.73. The number of benzene rings is 1. The normalized spacial score (nSPS) is 21.2. The molecule has 0 amide bonds. The zero-order valence-electron chi connectivity index (χ0n) is 10.9. The lowest BCUT2D eigenvalue weighted by atomic mass is 9.92. The maximum atomic E-state index is 5.67. The smallest absolute Gasteiger partial charge is 0.119 e. The van der Waals surface area contributed by atoms with Crippen LogP contribution in [0.2, 0.25) is 0 Å². The van der Waals surface area contributed by atoms with Crippen LogP contribution in [0.5, 0.6) is 5.75 Å². The summed E-state index contributed by atoms with van der Waals surface area (Å²) < 4.78 is 5.67. The van der Waals surface area contributed by atoms with Crippen LogP contribution < -0.4 is 10.1 Å². The van der Waals surface area contributed by atoms with Gasteiger partial charge >= 0.3 is 0 Å². The second-order valence-electron chi connectivity index (χ2n) is 5.11. The Balaban J connectivity index is 2.00. The molecular weight excluding hydrogens is 210 g/mol. The molecule has 2 rings (SSSR count). The second kappa shape index (κ2) is 6.06. The van der Waals surface area contributed by atoms with E-state index in [9.17, 15) is 0 Å². The molecule has 1 aliphatic rings. The standard InChI is InChI=1S/C15H23NO/c1-12(2)17-15-7-5-14(6-8-15)13-4-3-10-16-11-9-13/h5-8,12-13,16H,3-4,9-11H2,1-2H3. The second-order valence-corrected chi connectivity index (χ2v) is 5.11. The SMILES string of the molecule is CC(C)Oc1ccc(C2CCCNCC2)cc1. The minimum absolute atomic E-state index is 0.253. The van der Waals surface area contributed by atoms with Crippen LogP contribution in [-0.4, -0.2) is 19.2 Å². The van der Waals surface area contributed by atoms with Crippen molar-refractivity contribution in [3.8, 4) is 5.75 Å². The van der Waals surface area contributed by atoms with E-state index in [4.69, 9.17) is 4.74 Å². The third-order valence-corrected chi connectivity index (χ3v) is 3.30. The van der Waals surface area contributed by atoms with Crippen LogP contribution in [0.25, 0.3) is 0 Å². The number of rotatable bonds is 3. The molecule has 1 aromatic carbocycles. The van der Waals surface area contributed by atoms with Crippen LogP contribution in [0, 0.1) is 0 Å². The summed E-state index contributed by atoms with van der Waals surface area (Å²) in [7, 11) is 0. The van der Waals surface area contributed by atoms with E-state index in [1.54, 1.807) is 0 Å². The van der Waals surface area contributed by atoms with Gasteiger partial charge < -0.3 is 10.1 Å². The van der Waals surface area contributed by atoms with Gasteiger partial charge in [-0.2, -0.15) is 0 Å². The summed E-state index contributed by atoms with van der Waals surface area (Å²) in [6.45, 7) is 6.44. The molecule has 0 aliphatic carbocycles. The van der Waals surface area contributed by atoms with E-state index in [0.29, 0.717) is 0 Å². The summed E-state index contributed by atoms with van der Waals surface area (Å²) in [6.07, 6.45) is 4.10. The Morgan fingerprint density at radius 1 is 1.12 bits per heavy atom. The van der Waals surface area contributed by atoms with Crippen molar-refractivity contribution in [1.82, 2.24) is 5.32 Å². The molecule has 0 aromatic heterocycles. The molecule has 0 bridgehead atoms. The van der Waals surface area contributed by atoms with Crippen molar-refractivity contribution in [2.75, 3.05) is 13.1 Å². The summed E-state index contributed by atoms with van der Waals surface area (Å²) in [5.41, 5.74) is 1.46. The zero-order valence-corrected chi connectivity index (χ0v) is 10.9. The van der Waals surface area contributed by atoms with Gasteiger partial charge in [-0.25, -0.2) is 0 Å². The molecule has 2 nitrogen and oxygen atoms in total. The highest BCUT2D eigenvalue weighted by Crippen LogP contribution is 2.27. The van der Waals surface area contributed by atoms with Crippen molar-refractivity contribution in [3.05, 3.63) is 29.8 Å². The van der Waals surface area contributed by atoms with Gasteiger partial charge in [-0.05, 0) is 69.8 Å². The number of nitrogens with one attached hydrogen (secondary N) is 1. The molecule has 1 saturated heterocycles. The average Bonchev–Trinajstić information content (AvgIpc) is 2.58. The van der Waals surface area contributed by atoms with Gasteiger partial charge in [0.2, 0.25) is 0 Å². The molecule has 0 saturated carbocycles. The van der Waals surface area contributed by atoms with E-state index in [1.165, 1.54) is 31.4 Å². The molecule has 1 N–H and O–H groups in total. The van der Waals surface area contributed by atoms with Gasteiger partial charge in [0.1, 0.15) is 5.75 Å². The third kappa shape index (κ3) is 3.74. The molecule has 1 atom stereocenters. The molecule has 0 radical (unpaired) electrons. The molecule has 1 unspecified atom stereocenters. The Bertz CT molecular complexity index is 323. The highest BCUT2D eigenvalue weighted by atomic mass is 16.5. The van der Waals surface area contributed by atoms with Crippen molar-refractivity contribution in [1.29, 1.82) is 0 Å². The quantitative estimate of drug-likeness (QED) is 0.864. The molecule has 17 heavy (non-hydrogen) atoms. The van der Waals surface area contributed by atoms with Gasteiger partial charge in [-0.15, -0.1) is 0 Å². The van der Waals surface area contributed by atoms with Crippen molar-refractivity contribution in [2.45, 2.75) is 45.1 Å². The van der Waals surface area contributed by atoms with Crippen molar-refractivity contribution < 1.29 is 4.74 Å². The lowest BCUT2D eigenvalue weighted by Crippen LogP contribution is -2.13. The van der Waals surface area contributed by atoms with Gasteiger partial charge in [-0.1, -0.05) is 12.1 Å². The van der Waals surface area contributed by atoms with Gasteiger partial charge in [-0.3, -0.25) is 0 Å². The fourth-order valence-electron chi connectivity index (χ4n) is 2.44. The van der Waals surface area contributed by atoms with Gasteiger partial charge in [0, 0.05) is 0 Å². The van der Waals surface area contributed by atoms with E-state index < -0.39 is 0 Å². The summed E-state index contributed by atoms with van der Waals surface area (Å²) in [5.74, 6) is 1.70. The predicted molar refractivity (Wildman–Crippen MR) is 71.7 cm³/mol. The highest BCUT2D eigenvalue weighted by Gasteiger charge is 2.13. The van der Waals surface area contributed by atoms with E-state index in [1.807, 2.05) is 0 Å². The molecule has 1 heterocycles. The van der Waals surface area contributed by atoms with Crippen molar-refractivity contribution in [3.63, 3.8) is 0 Å². The largest absolute Gasteiger partial charge is 0.491 e. The van der Waals surface area contributed by atoms with Gasteiger partial charge in [0.15, 0.2) is 0 Å². The van der Waals surface area contributed by atoms with Crippen molar-refractivity contribution in [2.24, 2.45) is 0 Å². The monoisotopic (exact) mass is 233 g/mol. The molecule has 1 aliphatic heterocycles. The molecule has 0 spiro atoms. The van der Waals surface area contributed by atoms with Crippen LogP contribution in [0.4, 0.5) is 0 Å². The Morgan fingerprint density at radius 2 is 1.88 bits per heavy atom. The summed E-state index contributed by atoms with van der Waals surface area (Å²) >= 11 is 0. The van der Waals surface area contributed by atoms with E-state index in [-0.39, 0.29) is 6.10 Å². The van der Waals surface area contributed by atoms with E-state index in [2.05, 4.69) is 43.4 Å². The number of hydrogen-bond donors (Lipinski definition) is 1. The molecule has 2 heteroatoms. The first-order chi connectivity index (χ1) is 8.25. The lowest BCUT2D eigenvalue weighted by molar-refractivity contribution is 0.242. The van der Waals surface area contributed by atoms with Crippen LogP contribution in [0.1, 0.15) is 44.6 Å². The van der Waals surface area contributed by atoms with E-state index in [0.717, 1.165) is 18.2 Å². The lowest BCUT2D eigenvalue weighted by Gasteiger charge is -2.15. The molecule has 1 fully saturated rings. The first kappa shape index (κ1) is 12.4. The van der Waals surface area contributed by atoms with Crippen LogP contribution in [0.3, 0.4) is 0 Å². The summed E-state index contributed by atoms with van der Waals surface area (Å²) in [4.78, 5) is 0. The number of hydrogen-bond acceptors (Lipinski definition) is 2. The maximum Gasteiger partial charge on any atom is 0.119 e. The highest BCUT2D eigenvalue weighted by molar-refractivity contribution is 5.29. The minimum atomic E-state index is 0.253. The Morgan fingerprint density at radius 3 is 2.59 bits per heavy atom. The molecule has 94 valence electrons. The van der Waals surface area contributed by atoms with Crippen LogP contribution >= 0.6 is 0 Å². The van der Waals surface area contributed by atoms with Crippen molar-refractivity contribution >= 4 is 0 Å². The fourth-order valence-corrected chi connectivity index (χ4v) is 2.44. The maximum absolute atomic E-state index is 5.67. The number of ether oxygens (including phenoxy) is 1. The molecule has 1 aromatic rings. The Labute approximate surface area is 104 Å². The summed E-state index contributed by atoms with van der Waals surface area (Å²) in [6, 6.07) is 8.67. The predicted octanol–water partition coefficient (Wildman–Crippen LogP) is 3.33. The van der Waals surface area contributed by atoms with Crippen LogP contribution in [-0.2, 0) is 0 Å².